The number of nitrogens with zero attached hydrogens (tertiary/aromatic N) is 3. The Morgan fingerprint density at radius 2 is 2.13 bits per heavy atom. The summed E-state index contributed by atoms with van der Waals surface area (Å²) in [7, 11) is 0. The maximum absolute atomic E-state index is 4.80. The van der Waals surface area contributed by atoms with Gasteiger partial charge in [-0.25, -0.2) is 9.97 Å². The molecule has 3 aromatic heterocycles. The van der Waals surface area contributed by atoms with Gasteiger partial charge in [0.2, 0.25) is 0 Å². The molecule has 0 bridgehead atoms. The third-order valence-electron chi connectivity index (χ3n) is 3.98. The Morgan fingerprint density at radius 3 is 2.87 bits per heavy atom. The van der Waals surface area contributed by atoms with Crippen LogP contribution in [0, 0.1) is 6.92 Å². The molecule has 0 saturated carbocycles. The molecule has 1 aliphatic heterocycles. The van der Waals surface area contributed by atoms with Crippen LogP contribution in [0.1, 0.15) is 11.3 Å². The molecular formula is C16H16BrN5S. The zero-order valence-corrected chi connectivity index (χ0v) is 15.0. The highest BCUT2D eigenvalue weighted by atomic mass is 79.9. The average molecular weight is 390 g/mol. The maximum atomic E-state index is 4.80. The van der Waals surface area contributed by atoms with E-state index in [4.69, 9.17) is 9.97 Å². The van der Waals surface area contributed by atoms with Crippen LogP contribution in [0.4, 0.5) is 5.82 Å². The number of nitrogens with one attached hydrogen (secondary N) is 2. The number of rotatable bonds is 3. The highest BCUT2D eigenvalue weighted by Gasteiger charge is 2.20. The first kappa shape index (κ1) is 15.0. The molecule has 1 fully saturated rings. The van der Waals surface area contributed by atoms with E-state index < -0.39 is 0 Å². The van der Waals surface area contributed by atoms with Gasteiger partial charge >= 0.3 is 0 Å². The van der Waals surface area contributed by atoms with E-state index in [0.717, 1.165) is 51.4 Å². The fraction of sp³-hybridized carbons (Fsp3) is 0.312. The number of hydrogen-bond donors (Lipinski definition) is 2. The Kier molecular flexibility index (Phi) is 4.00. The lowest BCUT2D eigenvalue weighted by molar-refractivity contribution is 0.789. The minimum absolute atomic E-state index is 0.416. The highest BCUT2D eigenvalue weighted by Crippen LogP contribution is 2.38. The minimum atomic E-state index is 0.416. The van der Waals surface area contributed by atoms with Crippen molar-refractivity contribution in [3.8, 4) is 11.4 Å². The van der Waals surface area contributed by atoms with Crippen LogP contribution in [-0.4, -0.2) is 34.1 Å². The van der Waals surface area contributed by atoms with E-state index in [1.54, 1.807) is 23.7 Å². The molecule has 0 aromatic carbocycles. The maximum Gasteiger partial charge on any atom is 0.162 e. The topological polar surface area (TPSA) is 62.7 Å². The highest BCUT2D eigenvalue weighted by molar-refractivity contribution is 9.10. The quantitative estimate of drug-likeness (QED) is 0.716. The molecular weight excluding hydrogens is 374 g/mol. The monoisotopic (exact) mass is 389 g/mol. The van der Waals surface area contributed by atoms with Gasteiger partial charge in [-0.3, -0.25) is 4.98 Å². The Morgan fingerprint density at radius 1 is 1.30 bits per heavy atom. The van der Waals surface area contributed by atoms with Crippen molar-refractivity contribution in [2.75, 3.05) is 18.4 Å². The summed E-state index contributed by atoms with van der Waals surface area (Å²) >= 11 is 5.40. The van der Waals surface area contributed by atoms with Gasteiger partial charge in [-0.1, -0.05) is 0 Å². The van der Waals surface area contributed by atoms with Crippen molar-refractivity contribution in [3.05, 3.63) is 33.9 Å². The van der Waals surface area contributed by atoms with E-state index in [1.807, 2.05) is 12.1 Å². The van der Waals surface area contributed by atoms with E-state index in [1.165, 1.54) is 4.88 Å². The molecule has 7 heteroatoms. The molecule has 5 nitrogen and oxygen atoms in total. The minimum Gasteiger partial charge on any atom is -0.365 e. The third-order valence-corrected chi connectivity index (χ3v) is 6.31. The summed E-state index contributed by atoms with van der Waals surface area (Å²) in [5.41, 5.74) is 1.95. The molecule has 3 aromatic rings. The van der Waals surface area contributed by atoms with Crippen molar-refractivity contribution in [1.82, 2.24) is 20.3 Å². The van der Waals surface area contributed by atoms with Crippen molar-refractivity contribution >= 4 is 43.3 Å². The second-order valence-electron chi connectivity index (χ2n) is 5.62. The Labute approximate surface area is 146 Å². The summed E-state index contributed by atoms with van der Waals surface area (Å²) in [6.07, 6.45) is 4.65. The molecule has 1 unspecified atom stereocenters. The van der Waals surface area contributed by atoms with Gasteiger partial charge in [0.15, 0.2) is 5.82 Å². The summed E-state index contributed by atoms with van der Waals surface area (Å²) in [5.74, 6) is 1.65. The van der Waals surface area contributed by atoms with Crippen LogP contribution >= 0.6 is 27.3 Å². The number of aromatic nitrogens is 3. The van der Waals surface area contributed by atoms with Crippen LogP contribution in [0.25, 0.3) is 21.6 Å². The lowest BCUT2D eigenvalue weighted by Gasteiger charge is -2.13. The molecule has 118 valence electrons. The Bertz CT molecular complexity index is 843. The molecule has 2 N–H and O–H groups in total. The van der Waals surface area contributed by atoms with Crippen molar-refractivity contribution in [2.45, 2.75) is 19.4 Å². The van der Waals surface area contributed by atoms with Crippen molar-refractivity contribution in [3.63, 3.8) is 0 Å². The van der Waals surface area contributed by atoms with Crippen LogP contribution in [0.5, 0.6) is 0 Å². The first-order valence-electron chi connectivity index (χ1n) is 7.56. The molecule has 1 saturated heterocycles. The van der Waals surface area contributed by atoms with Crippen LogP contribution in [0.2, 0.25) is 0 Å². The lowest BCUT2D eigenvalue weighted by atomic mass is 10.2. The zero-order valence-electron chi connectivity index (χ0n) is 12.6. The third kappa shape index (κ3) is 2.84. The molecule has 0 aliphatic carbocycles. The van der Waals surface area contributed by atoms with Gasteiger partial charge in [-0.2, -0.15) is 0 Å². The van der Waals surface area contributed by atoms with Gasteiger partial charge in [0, 0.05) is 35.4 Å². The van der Waals surface area contributed by atoms with Gasteiger partial charge in [0.1, 0.15) is 11.3 Å². The van der Waals surface area contributed by atoms with Crippen LogP contribution in [-0.2, 0) is 0 Å². The molecule has 0 spiro atoms. The molecule has 0 radical (unpaired) electrons. The fourth-order valence-electron chi connectivity index (χ4n) is 2.76. The summed E-state index contributed by atoms with van der Waals surface area (Å²) in [5, 5.41) is 6.98. The van der Waals surface area contributed by atoms with Gasteiger partial charge in [-0.15, -0.1) is 11.3 Å². The second-order valence-corrected chi connectivity index (χ2v) is 7.63. The van der Waals surface area contributed by atoms with Crippen molar-refractivity contribution < 1.29 is 0 Å². The van der Waals surface area contributed by atoms with E-state index >= 15 is 0 Å². The standard InChI is InChI=1S/C16H16BrN5S/c1-9-12(17)13-14(23-9)16(20-11-4-7-19-8-11)22-15(21-13)10-2-5-18-6-3-10/h2-3,5-6,11,19H,4,7-8H2,1H3,(H,20,21,22). The first-order valence-corrected chi connectivity index (χ1v) is 9.17. The Hall–Kier alpha value is -1.57. The van der Waals surface area contributed by atoms with E-state index in [9.17, 15) is 0 Å². The SMILES string of the molecule is Cc1sc2c(NC3CCNC3)nc(-c3ccncc3)nc2c1Br. The average Bonchev–Trinajstić information content (AvgIpc) is 3.18. The summed E-state index contributed by atoms with van der Waals surface area (Å²) in [6, 6.07) is 4.30. The number of hydrogen-bond acceptors (Lipinski definition) is 6. The second kappa shape index (κ2) is 6.14. The molecule has 1 aliphatic rings. The molecule has 0 amide bonds. The molecule has 4 heterocycles. The normalized spacial score (nSPS) is 17.7. The van der Waals surface area contributed by atoms with Gasteiger partial charge in [0.25, 0.3) is 0 Å². The summed E-state index contributed by atoms with van der Waals surface area (Å²) in [4.78, 5) is 14.9. The lowest BCUT2D eigenvalue weighted by Crippen LogP contribution is -2.22. The zero-order chi connectivity index (χ0) is 15.8. The molecule has 23 heavy (non-hydrogen) atoms. The van der Waals surface area contributed by atoms with Crippen LogP contribution < -0.4 is 10.6 Å². The van der Waals surface area contributed by atoms with Crippen molar-refractivity contribution in [1.29, 1.82) is 0 Å². The predicted molar refractivity (Wildman–Crippen MR) is 98.0 cm³/mol. The largest absolute Gasteiger partial charge is 0.365 e. The number of pyridine rings is 1. The van der Waals surface area contributed by atoms with Crippen LogP contribution in [0.3, 0.4) is 0 Å². The van der Waals surface area contributed by atoms with Gasteiger partial charge in [0.05, 0.1) is 9.17 Å². The summed E-state index contributed by atoms with van der Waals surface area (Å²) in [6.45, 7) is 4.13. The van der Waals surface area contributed by atoms with Gasteiger partial charge < -0.3 is 10.6 Å². The van der Waals surface area contributed by atoms with Crippen LogP contribution in [0.15, 0.2) is 29.0 Å². The van der Waals surface area contributed by atoms with Gasteiger partial charge in [-0.05, 0) is 48.0 Å². The molecule has 1 atom stereocenters. The smallest absolute Gasteiger partial charge is 0.162 e. The predicted octanol–water partition coefficient (Wildman–Crippen LogP) is 3.60. The number of halogens is 1. The Balaban J connectivity index is 1.86. The van der Waals surface area contributed by atoms with E-state index in [0.29, 0.717) is 6.04 Å². The van der Waals surface area contributed by atoms with E-state index in [2.05, 4.69) is 38.5 Å². The fourth-order valence-corrected chi connectivity index (χ4v) is 4.36. The number of fused-ring (bicyclic) bond motifs is 1. The molecule has 4 rings (SSSR count). The first-order chi connectivity index (χ1) is 11.2. The van der Waals surface area contributed by atoms with Crippen molar-refractivity contribution in [2.24, 2.45) is 0 Å². The van der Waals surface area contributed by atoms with E-state index in [-0.39, 0.29) is 0 Å². The number of aryl methyl sites for hydroxylation is 1. The number of anilines is 1. The summed E-state index contributed by atoms with van der Waals surface area (Å²) < 4.78 is 2.17. The number of thiophene rings is 1.